The molecule has 4 nitrogen and oxygen atoms in total. The fraction of sp³-hybridized carbons (Fsp3) is 0.429. The van der Waals surface area contributed by atoms with E-state index in [1.165, 1.54) is 6.92 Å². The number of oxime groups is 1. The Morgan fingerprint density at radius 3 is 2.26 bits per heavy atom. The van der Waals surface area contributed by atoms with Gasteiger partial charge in [-0.1, -0.05) is 17.3 Å². The zero-order valence-electron chi connectivity index (χ0n) is 12.1. The van der Waals surface area contributed by atoms with E-state index < -0.39 is 5.97 Å². The highest BCUT2D eigenvalue weighted by molar-refractivity contribution is 7.96. The molecule has 0 amide bonds. The van der Waals surface area contributed by atoms with Crippen molar-refractivity contribution in [2.45, 2.75) is 6.92 Å². The van der Waals surface area contributed by atoms with Crippen molar-refractivity contribution >= 4 is 28.3 Å². The minimum atomic E-state index is -0.394. The van der Waals surface area contributed by atoms with Gasteiger partial charge in [-0.3, -0.25) is 0 Å². The third-order valence-electron chi connectivity index (χ3n) is 2.43. The fourth-order valence-corrected chi connectivity index (χ4v) is 2.27. The Bertz CT molecular complexity index is 453. The number of benzene rings is 1. The third-order valence-corrected chi connectivity index (χ3v) is 3.28. The standard InChI is InChI=1S/C14H21N2O2S/c1-11(17)18-15-14(10-19(4)5)12-6-8-13(9-7-12)16(2)3/h6-9H,10H2,1-5H3/q+1. The van der Waals surface area contributed by atoms with Gasteiger partial charge in [0.1, 0.15) is 5.71 Å². The summed E-state index contributed by atoms with van der Waals surface area (Å²) in [5.41, 5.74) is 2.93. The summed E-state index contributed by atoms with van der Waals surface area (Å²) in [6.45, 7) is 1.36. The molecule has 0 aliphatic rings. The molecular formula is C14H21N2O2S+. The maximum atomic E-state index is 10.9. The Morgan fingerprint density at radius 2 is 1.84 bits per heavy atom. The molecule has 0 aliphatic heterocycles. The number of carbonyl (C=O) groups is 1. The molecule has 0 saturated heterocycles. The molecule has 1 rings (SSSR count). The summed E-state index contributed by atoms with van der Waals surface area (Å²) in [5.74, 6) is 0.406. The number of carbonyl (C=O) groups excluding carboxylic acids is 1. The van der Waals surface area contributed by atoms with Gasteiger partial charge in [0.05, 0.1) is 12.5 Å². The lowest BCUT2D eigenvalue weighted by Crippen LogP contribution is -2.16. The van der Waals surface area contributed by atoms with E-state index >= 15 is 0 Å². The molecule has 0 radical (unpaired) electrons. The molecule has 104 valence electrons. The normalized spacial score (nSPS) is 11.6. The molecule has 1 aromatic rings. The van der Waals surface area contributed by atoms with Gasteiger partial charge < -0.3 is 9.74 Å². The van der Waals surface area contributed by atoms with Crippen molar-refractivity contribution in [3.8, 4) is 0 Å². The smallest absolute Gasteiger partial charge is 0.331 e. The van der Waals surface area contributed by atoms with Gasteiger partial charge in [0.25, 0.3) is 0 Å². The molecule has 0 fully saturated rings. The van der Waals surface area contributed by atoms with Crippen molar-refractivity contribution in [1.29, 1.82) is 0 Å². The highest BCUT2D eigenvalue weighted by atomic mass is 32.2. The van der Waals surface area contributed by atoms with Crippen LogP contribution in [0.2, 0.25) is 0 Å². The van der Waals surface area contributed by atoms with Crippen molar-refractivity contribution in [1.82, 2.24) is 0 Å². The first kappa shape index (κ1) is 15.6. The molecule has 19 heavy (non-hydrogen) atoms. The second kappa shape index (κ2) is 7.19. The number of anilines is 1. The molecule has 0 aromatic heterocycles. The van der Waals surface area contributed by atoms with E-state index in [0.29, 0.717) is 0 Å². The molecule has 0 spiro atoms. The van der Waals surface area contributed by atoms with Gasteiger partial charge in [-0.2, -0.15) is 0 Å². The van der Waals surface area contributed by atoms with Gasteiger partial charge in [0.15, 0.2) is 5.75 Å². The molecule has 1 aromatic carbocycles. The second-order valence-electron chi connectivity index (χ2n) is 4.69. The van der Waals surface area contributed by atoms with Crippen LogP contribution in [0.4, 0.5) is 5.69 Å². The fourth-order valence-electron chi connectivity index (χ4n) is 1.51. The largest absolute Gasteiger partial charge is 0.378 e. The Hall–Kier alpha value is -1.49. The van der Waals surface area contributed by atoms with Crippen LogP contribution in [0.1, 0.15) is 12.5 Å². The summed E-state index contributed by atoms with van der Waals surface area (Å²) in [4.78, 5) is 17.7. The van der Waals surface area contributed by atoms with Crippen LogP contribution in [0.5, 0.6) is 0 Å². The molecule has 0 N–H and O–H groups in total. The van der Waals surface area contributed by atoms with Crippen LogP contribution in [-0.2, 0) is 20.5 Å². The van der Waals surface area contributed by atoms with Gasteiger partial charge in [-0.15, -0.1) is 0 Å². The van der Waals surface area contributed by atoms with Crippen molar-refractivity contribution in [2.75, 3.05) is 37.3 Å². The number of nitrogens with zero attached hydrogens (tertiary/aromatic N) is 2. The lowest BCUT2D eigenvalue weighted by atomic mass is 10.1. The van der Waals surface area contributed by atoms with Crippen LogP contribution in [0, 0.1) is 0 Å². The first-order valence-electron chi connectivity index (χ1n) is 5.96. The molecule has 0 saturated carbocycles. The predicted octanol–water partition coefficient (Wildman–Crippen LogP) is 1.90. The Balaban J connectivity index is 2.96. The average molecular weight is 281 g/mol. The van der Waals surface area contributed by atoms with E-state index in [-0.39, 0.29) is 10.9 Å². The van der Waals surface area contributed by atoms with Crippen LogP contribution in [0.3, 0.4) is 0 Å². The molecular weight excluding hydrogens is 260 g/mol. The van der Waals surface area contributed by atoms with Gasteiger partial charge in [0, 0.05) is 32.3 Å². The van der Waals surface area contributed by atoms with Gasteiger partial charge in [-0.05, 0) is 23.0 Å². The maximum Gasteiger partial charge on any atom is 0.331 e. The minimum Gasteiger partial charge on any atom is -0.378 e. The van der Waals surface area contributed by atoms with Crippen LogP contribution < -0.4 is 4.90 Å². The SMILES string of the molecule is CC(=O)ON=C(C[S+](C)C)c1ccc(N(C)C)cc1. The lowest BCUT2D eigenvalue weighted by Gasteiger charge is -2.12. The van der Waals surface area contributed by atoms with E-state index in [1.807, 2.05) is 43.3 Å². The van der Waals surface area contributed by atoms with Crippen LogP contribution in [0.25, 0.3) is 0 Å². The minimum absolute atomic E-state index is 0.193. The predicted molar refractivity (Wildman–Crippen MR) is 83.2 cm³/mol. The Labute approximate surface area is 117 Å². The monoisotopic (exact) mass is 281 g/mol. The highest BCUT2D eigenvalue weighted by Gasteiger charge is 2.14. The highest BCUT2D eigenvalue weighted by Crippen LogP contribution is 2.14. The second-order valence-corrected chi connectivity index (χ2v) is 6.95. The topological polar surface area (TPSA) is 41.9 Å². The van der Waals surface area contributed by atoms with E-state index in [0.717, 1.165) is 22.7 Å². The van der Waals surface area contributed by atoms with E-state index in [2.05, 4.69) is 17.7 Å². The van der Waals surface area contributed by atoms with Gasteiger partial charge in [0.2, 0.25) is 0 Å². The van der Waals surface area contributed by atoms with E-state index in [1.54, 1.807) is 0 Å². The summed E-state index contributed by atoms with van der Waals surface area (Å²) in [6.07, 6.45) is 4.27. The van der Waals surface area contributed by atoms with Crippen molar-refractivity contribution in [2.24, 2.45) is 5.16 Å². The van der Waals surface area contributed by atoms with Gasteiger partial charge in [-0.25, -0.2) is 4.79 Å². The molecule has 0 bridgehead atoms. The molecule has 5 heteroatoms. The van der Waals surface area contributed by atoms with Crippen molar-refractivity contribution < 1.29 is 9.63 Å². The zero-order chi connectivity index (χ0) is 14.4. The summed E-state index contributed by atoms with van der Waals surface area (Å²) in [6, 6.07) is 8.07. The van der Waals surface area contributed by atoms with Crippen molar-refractivity contribution in [3.63, 3.8) is 0 Å². The van der Waals surface area contributed by atoms with E-state index in [9.17, 15) is 4.79 Å². The number of hydrogen-bond donors (Lipinski definition) is 0. The Morgan fingerprint density at radius 1 is 1.26 bits per heavy atom. The molecule has 0 atom stereocenters. The molecule has 0 unspecified atom stereocenters. The number of hydrogen-bond acceptors (Lipinski definition) is 4. The summed E-state index contributed by atoms with van der Waals surface area (Å²) < 4.78 is 0. The first-order chi connectivity index (χ1) is 8.90. The first-order valence-corrected chi connectivity index (χ1v) is 8.17. The molecule has 0 aliphatic carbocycles. The van der Waals surface area contributed by atoms with Crippen LogP contribution in [0.15, 0.2) is 29.4 Å². The van der Waals surface area contributed by atoms with E-state index in [4.69, 9.17) is 4.84 Å². The summed E-state index contributed by atoms with van der Waals surface area (Å²) in [5, 5.41) is 3.97. The van der Waals surface area contributed by atoms with Crippen molar-refractivity contribution in [3.05, 3.63) is 29.8 Å². The zero-order valence-corrected chi connectivity index (χ0v) is 13.0. The quantitative estimate of drug-likeness (QED) is 0.358. The average Bonchev–Trinajstić information content (AvgIpc) is 2.34. The lowest BCUT2D eigenvalue weighted by molar-refractivity contribution is -0.140. The molecule has 0 heterocycles. The van der Waals surface area contributed by atoms with Crippen LogP contribution >= 0.6 is 0 Å². The summed E-state index contributed by atoms with van der Waals surface area (Å²) in [7, 11) is 4.19. The maximum absolute atomic E-state index is 10.9. The van der Waals surface area contributed by atoms with Crippen LogP contribution in [-0.4, -0.2) is 44.0 Å². The van der Waals surface area contributed by atoms with Gasteiger partial charge >= 0.3 is 5.97 Å². The number of rotatable bonds is 5. The Kier molecular flexibility index (Phi) is 5.89. The summed E-state index contributed by atoms with van der Waals surface area (Å²) >= 11 is 0. The third kappa shape index (κ3) is 5.34.